The Morgan fingerprint density at radius 1 is 1.31 bits per heavy atom. The number of pyridine rings is 1. The molecule has 0 fully saturated rings. The summed E-state index contributed by atoms with van der Waals surface area (Å²) in [5, 5.41) is 0. The van der Waals surface area contributed by atoms with E-state index >= 15 is 0 Å². The summed E-state index contributed by atoms with van der Waals surface area (Å²) < 4.78 is 5.48. The Morgan fingerprint density at radius 2 is 1.92 bits per heavy atom. The van der Waals surface area contributed by atoms with Gasteiger partial charge in [0.05, 0.1) is 0 Å². The fourth-order valence-electron chi connectivity index (χ4n) is 1.10. The second-order valence-electron chi connectivity index (χ2n) is 3.82. The van der Waals surface area contributed by atoms with Crippen molar-refractivity contribution in [1.29, 1.82) is 0 Å². The van der Waals surface area contributed by atoms with Gasteiger partial charge in [-0.1, -0.05) is 0 Å². The van der Waals surface area contributed by atoms with Crippen molar-refractivity contribution in [2.75, 3.05) is 7.11 Å². The highest BCUT2D eigenvalue weighted by molar-refractivity contribution is 6.71. The van der Waals surface area contributed by atoms with E-state index in [1.165, 1.54) is 11.6 Å². The van der Waals surface area contributed by atoms with Crippen LogP contribution in [-0.4, -0.2) is 20.4 Å². The molecule has 0 bridgehead atoms. The molecule has 0 unspecified atom stereocenters. The van der Waals surface area contributed by atoms with Crippen LogP contribution in [0, 0.1) is 0 Å². The Morgan fingerprint density at radius 3 is 2.46 bits per heavy atom. The highest BCUT2D eigenvalue weighted by atomic mass is 28.4. The third-order valence-electron chi connectivity index (χ3n) is 2.32. The topological polar surface area (TPSA) is 22.1 Å². The van der Waals surface area contributed by atoms with Crippen LogP contribution in [0.1, 0.15) is 5.56 Å². The molecule has 0 N–H and O–H groups in total. The zero-order chi connectivity index (χ0) is 9.73. The van der Waals surface area contributed by atoms with E-state index in [-0.39, 0.29) is 0 Å². The quantitative estimate of drug-likeness (QED) is 0.689. The van der Waals surface area contributed by atoms with Crippen LogP contribution < -0.4 is 0 Å². The first-order valence-corrected chi connectivity index (χ1v) is 7.70. The third kappa shape index (κ3) is 3.70. The first-order valence-electron chi connectivity index (χ1n) is 4.58. The molecule has 1 aromatic rings. The van der Waals surface area contributed by atoms with Crippen LogP contribution in [0.4, 0.5) is 0 Å². The molecule has 1 heterocycles. The summed E-state index contributed by atoms with van der Waals surface area (Å²) >= 11 is 0. The lowest BCUT2D eigenvalue weighted by Crippen LogP contribution is -2.28. The van der Waals surface area contributed by atoms with Crippen LogP contribution in [0.5, 0.6) is 0 Å². The average molecular weight is 195 g/mol. The third-order valence-corrected chi connectivity index (χ3v) is 4.88. The number of rotatable bonds is 4. The van der Waals surface area contributed by atoms with Crippen molar-refractivity contribution < 1.29 is 4.43 Å². The Hall–Kier alpha value is -0.673. The molecule has 2 nitrogen and oxygen atoms in total. The van der Waals surface area contributed by atoms with Gasteiger partial charge in [0.25, 0.3) is 0 Å². The van der Waals surface area contributed by atoms with Crippen LogP contribution >= 0.6 is 0 Å². The predicted molar refractivity (Wildman–Crippen MR) is 57.2 cm³/mol. The minimum Gasteiger partial charge on any atom is -0.420 e. The van der Waals surface area contributed by atoms with Crippen molar-refractivity contribution in [3.63, 3.8) is 0 Å². The SMILES string of the molecule is CO[Si](C)(C)CCc1ccncc1. The van der Waals surface area contributed by atoms with E-state index in [0.717, 1.165) is 6.42 Å². The number of hydrogen-bond donors (Lipinski definition) is 0. The molecule has 0 saturated carbocycles. The largest absolute Gasteiger partial charge is 0.420 e. The molecule has 0 radical (unpaired) electrons. The van der Waals surface area contributed by atoms with E-state index in [1.807, 2.05) is 19.5 Å². The molecule has 72 valence electrons. The highest BCUT2D eigenvalue weighted by Crippen LogP contribution is 2.13. The standard InChI is InChI=1S/C10H17NOSi/c1-12-13(2,3)9-6-10-4-7-11-8-5-10/h4-5,7-8H,6,9H2,1-3H3. The molecule has 0 aliphatic heterocycles. The molecule has 3 heteroatoms. The monoisotopic (exact) mass is 195 g/mol. The van der Waals surface area contributed by atoms with Gasteiger partial charge in [-0.3, -0.25) is 4.98 Å². The van der Waals surface area contributed by atoms with Crippen LogP contribution in [0.2, 0.25) is 19.1 Å². The normalized spacial score (nSPS) is 11.6. The summed E-state index contributed by atoms with van der Waals surface area (Å²) in [6, 6.07) is 5.31. The van der Waals surface area contributed by atoms with Crippen molar-refractivity contribution in [2.45, 2.75) is 25.6 Å². The summed E-state index contributed by atoms with van der Waals surface area (Å²) in [5.74, 6) is 0. The maximum absolute atomic E-state index is 5.48. The first-order chi connectivity index (χ1) is 6.14. The summed E-state index contributed by atoms with van der Waals surface area (Å²) in [4.78, 5) is 3.99. The van der Waals surface area contributed by atoms with Crippen molar-refractivity contribution in [3.05, 3.63) is 30.1 Å². The summed E-state index contributed by atoms with van der Waals surface area (Å²) in [5.41, 5.74) is 1.35. The maximum atomic E-state index is 5.48. The molecule has 0 amide bonds. The Labute approximate surface area is 81.1 Å². The van der Waals surface area contributed by atoms with E-state index < -0.39 is 8.32 Å². The summed E-state index contributed by atoms with van der Waals surface area (Å²) in [6.45, 7) is 4.49. The zero-order valence-corrected chi connectivity index (χ0v) is 9.58. The maximum Gasteiger partial charge on any atom is 0.186 e. The van der Waals surface area contributed by atoms with Gasteiger partial charge in [-0.25, -0.2) is 0 Å². The van der Waals surface area contributed by atoms with Crippen LogP contribution in [0.15, 0.2) is 24.5 Å². The van der Waals surface area contributed by atoms with Gasteiger partial charge in [-0.2, -0.15) is 0 Å². The first kappa shape index (κ1) is 10.4. The summed E-state index contributed by atoms with van der Waals surface area (Å²) in [7, 11) is 0.438. The molecule has 0 aliphatic rings. The van der Waals surface area contributed by atoms with Crippen LogP contribution in [-0.2, 0) is 10.8 Å². The van der Waals surface area contributed by atoms with Gasteiger partial charge in [0.1, 0.15) is 0 Å². The fourth-order valence-corrected chi connectivity index (χ4v) is 2.19. The van der Waals surface area contributed by atoms with E-state index in [0.29, 0.717) is 0 Å². The van der Waals surface area contributed by atoms with Gasteiger partial charge in [0.2, 0.25) is 0 Å². The Kier molecular flexibility index (Phi) is 3.63. The molecular formula is C10H17NOSi. The molecule has 0 atom stereocenters. The molecule has 0 aliphatic carbocycles. The molecule has 0 saturated heterocycles. The van der Waals surface area contributed by atoms with E-state index in [1.54, 1.807) is 0 Å². The minimum absolute atomic E-state index is 1.11. The van der Waals surface area contributed by atoms with Gasteiger partial charge in [-0.05, 0) is 43.3 Å². The lowest BCUT2D eigenvalue weighted by Gasteiger charge is -2.19. The molecule has 1 rings (SSSR count). The Bertz CT molecular complexity index is 248. The second kappa shape index (κ2) is 4.53. The van der Waals surface area contributed by atoms with Crippen molar-refractivity contribution in [2.24, 2.45) is 0 Å². The van der Waals surface area contributed by atoms with Gasteiger partial charge in [0.15, 0.2) is 8.32 Å². The molecule has 0 aromatic carbocycles. The van der Waals surface area contributed by atoms with Gasteiger partial charge in [-0.15, -0.1) is 0 Å². The Balaban J connectivity index is 2.44. The number of aryl methyl sites for hydroxylation is 1. The highest BCUT2D eigenvalue weighted by Gasteiger charge is 2.19. The molecule has 1 aromatic heterocycles. The van der Waals surface area contributed by atoms with Crippen molar-refractivity contribution in [1.82, 2.24) is 4.98 Å². The average Bonchev–Trinajstić information content (AvgIpc) is 2.17. The van der Waals surface area contributed by atoms with Crippen molar-refractivity contribution in [3.8, 4) is 0 Å². The van der Waals surface area contributed by atoms with E-state index in [2.05, 4.69) is 30.2 Å². The number of nitrogens with zero attached hydrogens (tertiary/aromatic N) is 1. The van der Waals surface area contributed by atoms with Crippen LogP contribution in [0.3, 0.4) is 0 Å². The predicted octanol–water partition coefficient (Wildman–Crippen LogP) is 2.48. The van der Waals surface area contributed by atoms with Crippen molar-refractivity contribution >= 4 is 8.32 Å². The smallest absolute Gasteiger partial charge is 0.186 e. The minimum atomic E-state index is -1.38. The molecule has 0 spiro atoms. The molecule has 13 heavy (non-hydrogen) atoms. The number of hydrogen-bond acceptors (Lipinski definition) is 2. The van der Waals surface area contributed by atoms with Gasteiger partial charge >= 0.3 is 0 Å². The molecular weight excluding hydrogens is 178 g/mol. The summed E-state index contributed by atoms with van der Waals surface area (Å²) in [6.07, 6.45) is 4.79. The number of aromatic nitrogens is 1. The van der Waals surface area contributed by atoms with Crippen LogP contribution in [0.25, 0.3) is 0 Å². The lowest BCUT2D eigenvalue weighted by molar-refractivity contribution is 0.403. The fraction of sp³-hybridized carbons (Fsp3) is 0.500. The van der Waals surface area contributed by atoms with E-state index in [9.17, 15) is 0 Å². The lowest BCUT2D eigenvalue weighted by atomic mass is 10.2. The van der Waals surface area contributed by atoms with Gasteiger partial charge in [0, 0.05) is 19.5 Å². The van der Waals surface area contributed by atoms with Gasteiger partial charge < -0.3 is 4.43 Å². The zero-order valence-electron chi connectivity index (χ0n) is 8.58. The second-order valence-corrected chi connectivity index (χ2v) is 8.25. The van der Waals surface area contributed by atoms with E-state index in [4.69, 9.17) is 4.43 Å².